The van der Waals surface area contributed by atoms with Crippen LogP contribution >= 0.6 is 22.9 Å². The molecule has 0 fully saturated rings. The van der Waals surface area contributed by atoms with Crippen molar-refractivity contribution in [2.75, 3.05) is 5.32 Å². The van der Waals surface area contributed by atoms with Gasteiger partial charge in [-0.3, -0.25) is 0 Å². The number of nitrogens with one attached hydrogen (secondary N) is 1. The van der Waals surface area contributed by atoms with E-state index in [1.54, 1.807) is 29.5 Å². The van der Waals surface area contributed by atoms with Crippen LogP contribution in [-0.4, -0.2) is 15.1 Å². The summed E-state index contributed by atoms with van der Waals surface area (Å²) < 4.78 is 0. The van der Waals surface area contributed by atoms with Gasteiger partial charge in [0, 0.05) is 16.3 Å². The van der Waals surface area contributed by atoms with Crippen molar-refractivity contribution >= 4 is 44.7 Å². The average Bonchev–Trinajstić information content (AvgIpc) is 2.99. The highest BCUT2D eigenvalue weighted by Gasteiger charge is 2.13. The van der Waals surface area contributed by atoms with E-state index < -0.39 is 0 Å². The molecule has 4 aromatic rings. The molecule has 2 aromatic heterocycles. The number of fused-ring (bicyclic) bond motifs is 1. The van der Waals surface area contributed by atoms with Crippen LogP contribution in [0.1, 0.15) is 16.3 Å². The van der Waals surface area contributed by atoms with Crippen LogP contribution in [0.25, 0.3) is 10.2 Å². The molecule has 6 heteroatoms. The summed E-state index contributed by atoms with van der Waals surface area (Å²) >= 11 is 7.69. The van der Waals surface area contributed by atoms with Crippen molar-refractivity contribution in [2.24, 2.45) is 0 Å². The van der Waals surface area contributed by atoms with Crippen LogP contribution in [0.3, 0.4) is 0 Å². The van der Waals surface area contributed by atoms with Gasteiger partial charge in [0.05, 0.1) is 11.1 Å². The standard InChI is InChI=1S/C20H16ClN3OS/c1-12-9-15-19(22-16-11-14(21)7-8-17(16)25)23-18(24-20(15)26-12)10-13-5-3-2-4-6-13/h2-9,11,25H,10H2,1H3,(H,22,23,24). The Morgan fingerprint density at radius 2 is 1.88 bits per heavy atom. The fourth-order valence-electron chi connectivity index (χ4n) is 2.77. The summed E-state index contributed by atoms with van der Waals surface area (Å²) in [6, 6.07) is 17.1. The van der Waals surface area contributed by atoms with Crippen LogP contribution < -0.4 is 5.32 Å². The Bertz CT molecular complexity index is 1080. The van der Waals surface area contributed by atoms with Gasteiger partial charge in [-0.05, 0) is 36.8 Å². The summed E-state index contributed by atoms with van der Waals surface area (Å²) in [5, 5.41) is 14.8. The van der Waals surface area contributed by atoms with Crippen molar-refractivity contribution in [1.29, 1.82) is 0 Å². The molecule has 0 unspecified atom stereocenters. The maximum absolute atomic E-state index is 10.1. The second kappa shape index (κ2) is 6.94. The van der Waals surface area contributed by atoms with Crippen molar-refractivity contribution in [2.45, 2.75) is 13.3 Å². The summed E-state index contributed by atoms with van der Waals surface area (Å²) in [7, 11) is 0. The van der Waals surface area contributed by atoms with Crippen molar-refractivity contribution < 1.29 is 5.11 Å². The van der Waals surface area contributed by atoms with E-state index in [9.17, 15) is 5.11 Å². The third-order valence-corrected chi connectivity index (χ3v) is 5.16. The highest BCUT2D eigenvalue weighted by atomic mass is 35.5. The molecule has 0 aliphatic carbocycles. The number of aryl methyl sites for hydroxylation is 1. The highest BCUT2D eigenvalue weighted by Crippen LogP contribution is 2.34. The van der Waals surface area contributed by atoms with Crippen molar-refractivity contribution in [3.63, 3.8) is 0 Å². The van der Waals surface area contributed by atoms with E-state index in [-0.39, 0.29) is 5.75 Å². The molecule has 2 N–H and O–H groups in total. The zero-order valence-electron chi connectivity index (χ0n) is 14.0. The summed E-state index contributed by atoms with van der Waals surface area (Å²) in [5.41, 5.74) is 1.67. The van der Waals surface area contributed by atoms with E-state index >= 15 is 0 Å². The van der Waals surface area contributed by atoms with Gasteiger partial charge in [0.15, 0.2) is 0 Å². The van der Waals surface area contributed by atoms with Crippen LogP contribution in [0.2, 0.25) is 5.02 Å². The van der Waals surface area contributed by atoms with Gasteiger partial charge in [-0.1, -0.05) is 41.9 Å². The fourth-order valence-corrected chi connectivity index (χ4v) is 3.85. The molecule has 0 aliphatic heterocycles. The lowest BCUT2D eigenvalue weighted by molar-refractivity contribution is 0.477. The number of benzene rings is 2. The van der Waals surface area contributed by atoms with Gasteiger partial charge < -0.3 is 10.4 Å². The Morgan fingerprint density at radius 3 is 2.69 bits per heavy atom. The van der Waals surface area contributed by atoms with Crippen LogP contribution in [0.15, 0.2) is 54.6 Å². The Hall–Kier alpha value is -2.63. The fraction of sp³-hybridized carbons (Fsp3) is 0.100. The topological polar surface area (TPSA) is 58.0 Å². The van der Waals surface area contributed by atoms with Gasteiger partial charge in [-0.25, -0.2) is 9.97 Å². The molecule has 4 nitrogen and oxygen atoms in total. The number of halogens is 1. The molecular weight excluding hydrogens is 366 g/mol. The van der Waals surface area contributed by atoms with Gasteiger partial charge in [-0.2, -0.15) is 0 Å². The lowest BCUT2D eigenvalue weighted by Gasteiger charge is -2.11. The molecule has 0 amide bonds. The van der Waals surface area contributed by atoms with E-state index in [1.807, 2.05) is 25.1 Å². The van der Waals surface area contributed by atoms with E-state index in [0.29, 0.717) is 22.9 Å². The summed E-state index contributed by atoms with van der Waals surface area (Å²) in [4.78, 5) is 11.5. The molecule has 26 heavy (non-hydrogen) atoms. The molecule has 0 atom stereocenters. The normalized spacial score (nSPS) is 11.0. The predicted molar refractivity (Wildman–Crippen MR) is 108 cm³/mol. The first kappa shape index (κ1) is 16.8. The van der Waals surface area contributed by atoms with Gasteiger partial charge in [0.25, 0.3) is 0 Å². The maximum Gasteiger partial charge on any atom is 0.143 e. The first-order valence-corrected chi connectivity index (χ1v) is 9.34. The average molecular weight is 382 g/mol. The summed E-state index contributed by atoms with van der Waals surface area (Å²) in [6.07, 6.45) is 0.643. The number of aromatic hydroxyl groups is 1. The largest absolute Gasteiger partial charge is 0.506 e. The number of anilines is 2. The quantitative estimate of drug-likeness (QED) is 0.445. The molecule has 0 aliphatic rings. The van der Waals surface area contributed by atoms with Crippen molar-refractivity contribution in [3.8, 4) is 5.75 Å². The molecule has 2 heterocycles. The number of rotatable bonds is 4. The number of phenols is 1. The molecule has 4 rings (SSSR count). The number of hydrogen-bond acceptors (Lipinski definition) is 5. The number of thiophene rings is 1. The van der Waals surface area contributed by atoms with E-state index in [1.165, 1.54) is 0 Å². The van der Waals surface area contributed by atoms with E-state index in [2.05, 4.69) is 23.5 Å². The van der Waals surface area contributed by atoms with Crippen LogP contribution in [-0.2, 0) is 6.42 Å². The Labute approximate surface area is 160 Å². The van der Waals surface area contributed by atoms with Gasteiger partial charge in [-0.15, -0.1) is 11.3 Å². The Morgan fingerprint density at radius 1 is 1.08 bits per heavy atom. The molecule has 0 radical (unpaired) electrons. The second-order valence-corrected chi connectivity index (χ2v) is 7.68. The number of nitrogens with zero attached hydrogens (tertiary/aromatic N) is 2. The van der Waals surface area contributed by atoms with Crippen molar-refractivity contribution in [3.05, 3.63) is 75.9 Å². The minimum atomic E-state index is 0.123. The van der Waals surface area contributed by atoms with Gasteiger partial charge in [0.2, 0.25) is 0 Å². The molecule has 2 aromatic carbocycles. The summed E-state index contributed by atoms with van der Waals surface area (Å²) in [5.74, 6) is 1.52. The van der Waals surface area contributed by atoms with Gasteiger partial charge in [0.1, 0.15) is 22.2 Å². The monoisotopic (exact) mass is 381 g/mol. The second-order valence-electron chi connectivity index (χ2n) is 6.01. The highest BCUT2D eigenvalue weighted by molar-refractivity contribution is 7.18. The third-order valence-electron chi connectivity index (χ3n) is 3.98. The molecular formula is C20H16ClN3OS. The lowest BCUT2D eigenvalue weighted by Crippen LogP contribution is -2.02. The molecule has 0 bridgehead atoms. The third kappa shape index (κ3) is 3.49. The van der Waals surface area contributed by atoms with Crippen molar-refractivity contribution in [1.82, 2.24) is 9.97 Å². The van der Waals surface area contributed by atoms with Crippen LogP contribution in [0.4, 0.5) is 11.5 Å². The first-order chi connectivity index (χ1) is 12.6. The van der Waals surface area contributed by atoms with E-state index in [4.69, 9.17) is 21.6 Å². The molecule has 0 saturated carbocycles. The molecule has 0 saturated heterocycles. The number of aromatic nitrogens is 2. The summed E-state index contributed by atoms with van der Waals surface area (Å²) in [6.45, 7) is 2.05. The Kier molecular flexibility index (Phi) is 4.49. The minimum Gasteiger partial charge on any atom is -0.506 e. The minimum absolute atomic E-state index is 0.123. The molecule has 130 valence electrons. The zero-order valence-corrected chi connectivity index (χ0v) is 15.6. The maximum atomic E-state index is 10.1. The first-order valence-electron chi connectivity index (χ1n) is 8.15. The van der Waals surface area contributed by atoms with Gasteiger partial charge >= 0.3 is 0 Å². The molecule has 0 spiro atoms. The number of hydrogen-bond donors (Lipinski definition) is 2. The zero-order chi connectivity index (χ0) is 18.1. The number of phenolic OH excluding ortho intramolecular Hbond substituents is 1. The smallest absolute Gasteiger partial charge is 0.143 e. The predicted octanol–water partition coefficient (Wildman–Crippen LogP) is 5.69. The SMILES string of the molecule is Cc1cc2c(Nc3cc(Cl)ccc3O)nc(Cc3ccccc3)nc2s1. The van der Waals surface area contributed by atoms with E-state index in [0.717, 1.165) is 26.5 Å². The lowest BCUT2D eigenvalue weighted by atomic mass is 10.1. The Balaban J connectivity index is 1.78. The van der Waals surface area contributed by atoms with Crippen LogP contribution in [0.5, 0.6) is 5.75 Å². The van der Waals surface area contributed by atoms with Crippen LogP contribution in [0, 0.1) is 6.92 Å².